The van der Waals surface area contributed by atoms with Crippen molar-refractivity contribution in [3.8, 4) is 0 Å². The molecule has 1 aliphatic rings. The number of aryl methyl sites for hydroxylation is 2. The van der Waals surface area contributed by atoms with Gasteiger partial charge in [-0.25, -0.2) is 4.98 Å². The fraction of sp³-hybridized carbons (Fsp3) is 0.429. The van der Waals surface area contributed by atoms with Crippen LogP contribution in [-0.2, 0) is 6.54 Å². The Morgan fingerprint density at radius 1 is 1.29 bits per heavy atom. The van der Waals surface area contributed by atoms with Crippen molar-refractivity contribution in [3.63, 3.8) is 0 Å². The summed E-state index contributed by atoms with van der Waals surface area (Å²) in [5.41, 5.74) is 3.34. The van der Waals surface area contributed by atoms with Crippen LogP contribution in [0.4, 0.5) is 0 Å². The average Bonchev–Trinajstić information content (AvgIpc) is 2.91. The Hall–Kier alpha value is -2.80. The average molecular weight is 379 g/mol. The van der Waals surface area contributed by atoms with Crippen molar-refractivity contribution in [1.82, 2.24) is 25.3 Å². The van der Waals surface area contributed by atoms with Gasteiger partial charge in [0.1, 0.15) is 0 Å². The molecule has 0 aliphatic carbocycles. The molecule has 1 atom stereocenters. The third kappa shape index (κ3) is 3.75. The lowest BCUT2D eigenvalue weighted by Gasteiger charge is -2.31. The molecule has 7 nitrogen and oxygen atoms in total. The quantitative estimate of drug-likeness (QED) is 0.750. The molecule has 0 radical (unpaired) electrons. The summed E-state index contributed by atoms with van der Waals surface area (Å²) < 4.78 is 5.33. The molecule has 1 aliphatic heterocycles. The number of pyridine rings is 2. The number of amides is 1. The molecule has 7 heteroatoms. The minimum atomic E-state index is -0.0145. The van der Waals surface area contributed by atoms with E-state index in [2.05, 4.69) is 20.4 Å². The number of nitrogens with one attached hydrogen (secondary N) is 1. The molecule has 1 fully saturated rings. The van der Waals surface area contributed by atoms with Gasteiger partial charge in [-0.3, -0.25) is 9.78 Å². The monoisotopic (exact) mass is 379 g/mol. The maximum absolute atomic E-state index is 13.8. The molecule has 28 heavy (non-hydrogen) atoms. The molecule has 146 valence electrons. The summed E-state index contributed by atoms with van der Waals surface area (Å²) in [6, 6.07) is 7.82. The fourth-order valence-corrected chi connectivity index (χ4v) is 3.89. The van der Waals surface area contributed by atoms with E-state index in [0.717, 1.165) is 43.7 Å². The number of nitrogens with zero attached hydrogens (tertiary/aromatic N) is 4. The van der Waals surface area contributed by atoms with Gasteiger partial charge in [-0.05, 0) is 64.4 Å². The zero-order chi connectivity index (χ0) is 19.5. The Morgan fingerprint density at radius 3 is 3.00 bits per heavy atom. The molecular formula is C21H25N5O2. The Bertz CT molecular complexity index is 962. The Balaban J connectivity index is 1.75. The van der Waals surface area contributed by atoms with Crippen molar-refractivity contribution in [3.05, 3.63) is 53.1 Å². The Kier molecular flexibility index (Phi) is 5.34. The lowest BCUT2D eigenvalue weighted by Crippen LogP contribution is -2.40. The van der Waals surface area contributed by atoms with Gasteiger partial charge in [-0.2, -0.15) is 0 Å². The molecule has 1 N–H and O–H groups in total. The summed E-state index contributed by atoms with van der Waals surface area (Å²) in [4.78, 5) is 24.6. The van der Waals surface area contributed by atoms with Gasteiger partial charge in [0.05, 0.1) is 28.9 Å². The first-order valence-corrected chi connectivity index (χ1v) is 9.78. The van der Waals surface area contributed by atoms with Gasteiger partial charge < -0.3 is 14.7 Å². The van der Waals surface area contributed by atoms with Crippen LogP contribution in [0.1, 0.15) is 46.7 Å². The van der Waals surface area contributed by atoms with Crippen molar-refractivity contribution >= 4 is 17.0 Å². The minimum Gasteiger partial charge on any atom is -0.336 e. The normalized spacial score (nSPS) is 17.4. The summed E-state index contributed by atoms with van der Waals surface area (Å²) in [5, 5.41) is 8.15. The van der Waals surface area contributed by atoms with E-state index in [0.29, 0.717) is 28.9 Å². The van der Waals surface area contributed by atoms with E-state index in [1.807, 2.05) is 43.0 Å². The molecule has 1 saturated heterocycles. The van der Waals surface area contributed by atoms with Gasteiger partial charge in [0, 0.05) is 17.9 Å². The fourth-order valence-electron chi connectivity index (χ4n) is 3.89. The third-order valence-corrected chi connectivity index (χ3v) is 5.28. The van der Waals surface area contributed by atoms with E-state index in [1.165, 1.54) is 0 Å². The number of aromatic nitrogens is 3. The SMILES string of the molecule is Cc1cc(C(=O)N(Cc2ccccn2)C2CCCNCC2)c2c(C)noc2n1. The zero-order valence-corrected chi connectivity index (χ0v) is 16.3. The van der Waals surface area contributed by atoms with Gasteiger partial charge in [-0.1, -0.05) is 11.2 Å². The molecule has 1 unspecified atom stereocenters. The van der Waals surface area contributed by atoms with E-state index in [4.69, 9.17) is 4.52 Å². The second-order valence-electron chi connectivity index (χ2n) is 7.35. The van der Waals surface area contributed by atoms with Crippen LogP contribution in [-0.4, -0.2) is 45.1 Å². The van der Waals surface area contributed by atoms with Crippen LogP contribution in [0, 0.1) is 13.8 Å². The summed E-state index contributed by atoms with van der Waals surface area (Å²) in [7, 11) is 0. The molecule has 3 aromatic rings. The molecule has 0 spiro atoms. The molecule has 0 aromatic carbocycles. The second-order valence-corrected chi connectivity index (χ2v) is 7.35. The molecule has 4 heterocycles. The Morgan fingerprint density at radius 2 is 2.18 bits per heavy atom. The maximum Gasteiger partial charge on any atom is 0.258 e. The van der Waals surface area contributed by atoms with Crippen molar-refractivity contribution in [2.24, 2.45) is 0 Å². The number of hydrogen-bond donors (Lipinski definition) is 1. The van der Waals surface area contributed by atoms with Crippen molar-refractivity contribution in [2.45, 2.75) is 45.7 Å². The van der Waals surface area contributed by atoms with Gasteiger partial charge in [0.25, 0.3) is 11.6 Å². The lowest BCUT2D eigenvalue weighted by atomic mass is 10.0. The van der Waals surface area contributed by atoms with Crippen molar-refractivity contribution in [2.75, 3.05) is 13.1 Å². The highest BCUT2D eigenvalue weighted by Crippen LogP contribution is 2.26. The highest BCUT2D eigenvalue weighted by Gasteiger charge is 2.29. The standard InChI is InChI=1S/C21H25N5O2/c1-14-12-18(19-15(2)25-28-20(19)24-14)21(27)26(13-16-6-3-4-10-23-16)17-7-5-9-22-11-8-17/h3-4,6,10,12,17,22H,5,7-9,11,13H2,1-2H3. The summed E-state index contributed by atoms with van der Waals surface area (Å²) >= 11 is 0. The van der Waals surface area contributed by atoms with Gasteiger partial charge >= 0.3 is 0 Å². The highest BCUT2D eigenvalue weighted by atomic mass is 16.5. The molecule has 0 bridgehead atoms. The summed E-state index contributed by atoms with van der Waals surface area (Å²) in [6.07, 6.45) is 4.72. The minimum absolute atomic E-state index is 0.0145. The Labute approximate surface area is 164 Å². The van der Waals surface area contributed by atoms with Crippen LogP contribution >= 0.6 is 0 Å². The van der Waals surface area contributed by atoms with E-state index < -0.39 is 0 Å². The van der Waals surface area contributed by atoms with Crippen LogP contribution in [0.2, 0.25) is 0 Å². The predicted molar refractivity (Wildman–Crippen MR) is 106 cm³/mol. The van der Waals surface area contributed by atoms with Gasteiger partial charge in [0.2, 0.25) is 0 Å². The van der Waals surface area contributed by atoms with Gasteiger partial charge in [-0.15, -0.1) is 0 Å². The van der Waals surface area contributed by atoms with Crippen LogP contribution in [0.5, 0.6) is 0 Å². The first-order valence-electron chi connectivity index (χ1n) is 9.78. The predicted octanol–water partition coefficient (Wildman–Crippen LogP) is 3.02. The van der Waals surface area contributed by atoms with Crippen LogP contribution < -0.4 is 5.32 Å². The maximum atomic E-state index is 13.8. The van der Waals surface area contributed by atoms with E-state index in [1.54, 1.807) is 6.20 Å². The molecular weight excluding hydrogens is 354 g/mol. The van der Waals surface area contributed by atoms with Crippen LogP contribution in [0.15, 0.2) is 35.0 Å². The summed E-state index contributed by atoms with van der Waals surface area (Å²) in [5.74, 6) is -0.0145. The van der Waals surface area contributed by atoms with Crippen molar-refractivity contribution in [1.29, 1.82) is 0 Å². The number of carbonyl (C=O) groups excluding carboxylic acids is 1. The van der Waals surface area contributed by atoms with Crippen molar-refractivity contribution < 1.29 is 9.32 Å². The summed E-state index contributed by atoms with van der Waals surface area (Å²) in [6.45, 7) is 6.10. The third-order valence-electron chi connectivity index (χ3n) is 5.28. The largest absolute Gasteiger partial charge is 0.336 e. The first-order chi connectivity index (χ1) is 13.6. The van der Waals surface area contributed by atoms with E-state index >= 15 is 0 Å². The molecule has 3 aromatic heterocycles. The second kappa shape index (κ2) is 8.06. The molecule has 0 saturated carbocycles. The number of fused-ring (bicyclic) bond motifs is 1. The van der Waals surface area contributed by atoms with E-state index in [9.17, 15) is 4.79 Å². The highest BCUT2D eigenvalue weighted by molar-refractivity contribution is 6.06. The topological polar surface area (TPSA) is 84.2 Å². The zero-order valence-electron chi connectivity index (χ0n) is 16.3. The number of rotatable bonds is 4. The van der Waals surface area contributed by atoms with Crippen LogP contribution in [0.25, 0.3) is 11.1 Å². The molecule has 1 amide bonds. The number of carbonyl (C=O) groups is 1. The molecule has 4 rings (SSSR count). The smallest absolute Gasteiger partial charge is 0.258 e. The van der Waals surface area contributed by atoms with Gasteiger partial charge in [0.15, 0.2) is 0 Å². The lowest BCUT2D eigenvalue weighted by molar-refractivity contribution is 0.0644. The number of hydrogen-bond acceptors (Lipinski definition) is 6. The first kappa shape index (κ1) is 18.6. The van der Waals surface area contributed by atoms with E-state index in [-0.39, 0.29) is 11.9 Å². The van der Waals surface area contributed by atoms with Crippen LogP contribution in [0.3, 0.4) is 0 Å².